The number of likely N-dealkylation sites (tertiary alicyclic amines) is 1. The fourth-order valence-corrected chi connectivity index (χ4v) is 3.50. The van der Waals surface area contributed by atoms with E-state index in [4.69, 9.17) is 14.2 Å². The van der Waals surface area contributed by atoms with Gasteiger partial charge in [-0.2, -0.15) is 0 Å². The third-order valence-corrected chi connectivity index (χ3v) is 4.74. The third-order valence-electron chi connectivity index (χ3n) is 4.74. The molecule has 0 aromatic heterocycles. The highest BCUT2D eigenvalue weighted by Gasteiger charge is 2.48. The van der Waals surface area contributed by atoms with E-state index in [9.17, 15) is 9.90 Å². The summed E-state index contributed by atoms with van der Waals surface area (Å²) in [5.74, 6) is 1.85. The van der Waals surface area contributed by atoms with Crippen molar-refractivity contribution in [1.82, 2.24) is 4.90 Å². The molecule has 0 spiro atoms. The number of aliphatic hydroxyl groups is 1. The number of carbonyl (C=O) groups is 1. The van der Waals surface area contributed by atoms with Crippen LogP contribution in [-0.4, -0.2) is 47.9 Å². The lowest BCUT2D eigenvalue weighted by Crippen LogP contribution is -2.53. The van der Waals surface area contributed by atoms with Gasteiger partial charge in [0.15, 0.2) is 11.5 Å². The lowest BCUT2D eigenvalue weighted by molar-refractivity contribution is -0.139. The van der Waals surface area contributed by atoms with E-state index in [-0.39, 0.29) is 5.91 Å². The van der Waals surface area contributed by atoms with Crippen molar-refractivity contribution in [3.05, 3.63) is 17.7 Å². The van der Waals surface area contributed by atoms with Gasteiger partial charge in [-0.25, -0.2) is 0 Å². The highest BCUT2D eigenvalue weighted by molar-refractivity contribution is 5.79. The molecule has 1 N–H and O–H groups in total. The molecule has 2 heterocycles. The van der Waals surface area contributed by atoms with E-state index >= 15 is 0 Å². The first-order valence-electron chi connectivity index (χ1n) is 8.40. The van der Waals surface area contributed by atoms with E-state index in [1.54, 1.807) is 18.1 Å². The summed E-state index contributed by atoms with van der Waals surface area (Å²) in [7, 11) is 1.58. The van der Waals surface area contributed by atoms with Gasteiger partial charge in [-0.15, -0.1) is 0 Å². The second-order valence-electron chi connectivity index (χ2n) is 6.76. The number of benzene rings is 1. The summed E-state index contributed by atoms with van der Waals surface area (Å²) in [6.07, 6.45) is 0.511. The van der Waals surface area contributed by atoms with Crippen LogP contribution in [0.2, 0.25) is 0 Å². The number of ether oxygens (including phenoxy) is 3. The Balaban J connectivity index is 2.12. The van der Waals surface area contributed by atoms with Crippen LogP contribution in [0, 0.1) is 0 Å². The van der Waals surface area contributed by atoms with E-state index < -0.39 is 17.7 Å². The summed E-state index contributed by atoms with van der Waals surface area (Å²) < 4.78 is 17.1. The molecule has 1 fully saturated rings. The molecule has 0 bridgehead atoms. The standard InChI is InChI=1S/C18H25NO5/c1-5-23-14-9-11-12(10-13(14)22-4)24-18(2,3)17(21)16(11)19-8-6-7-15(19)20/h9-10,16-17,21H,5-8H2,1-4H3/t16-,17+/m0/s1. The largest absolute Gasteiger partial charge is 0.493 e. The van der Waals surface area contributed by atoms with Gasteiger partial charge >= 0.3 is 0 Å². The van der Waals surface area contributed by atoms with Crippen molar-refractivity contribution in [3.8, 4) is 17.2 Å². The quantitative estimate of drug-likeness (QED) is 0.914. The summed E-state index contributed by atoms with van der Waals surface area (Å²) in [5, 5.41) is 10.9. The van der Waals surface area contributed by atoms with Crippen molar-refractivity contribution >= 4 is 5.91 Å². The average Bonchev–Trinajstić information content (AvgIpc) is 2.94. The maximum atomic E-state index is 12.3. The summed E-state index contributed by atoms with van der Waals surface area (Å²) in [6, 6.07) is 3.16. The molecule has 2 aliphatic heterocycles. The van der Waals surface area contributed by atoms with Gasteiger partial charge < -0.3 is 24.2 Å². The Hall–Kier alpha value is -1.95. The maximum absolute atomic E-state index is 12.3. The molecule has 1 aromatic rings. The Morgan fingerprint density at radius 3 is 2.71 bits per heavy atom. The number of fused-ring (bicyclic) bond motifs is 1. The van der Waals surface area contributed by atoms with Crippen LogP contribution in [0.1, 0.15) is 45.2 Å². The highest BCUT2D eigenvalue weighted by atomic mass is 16.5. The predicted octanol–water partition coefficient (Wildman–Crippen LogP) is 2.29. The molecule has 1 amide bonds. The van der Waals surface area contributed by atoms with Crippen molar-refractivity contribution in [2.75, 3.05) is 20.3 Å². The normalized spacial score (nSPS) is 25.2. The zero-order valence-electron chi connectivity index (χ0n) is 14.7. The van der Waals surface area contributed by atoms with Crippen LogP contribution >= 0.6 is 0 Å². The smallest absolute Gasteiger partial charge is 0.223 e. The Kier molecular flexibility index (Phi) is 4.34. The van der Waals surface area contributed by atoms with Crippen LogP contribution in [0.25, 0.3) is 0 Å². The SMILES string of the molecule is CCOc1cc2c(cc1OC)OC(C)(C)[C@H](O)[C@H]2N1CCCC1=O. The molecule has 24 heavy (non-hydrogen) atoms. The van der Waals surface area contributed by atoms with Crippen molar-refractivity contribution in [1.29, 1.82) is 0 Å². The van der Waals surface area contributed by atoms with Gasteiger partial charge in [0.05, 0.1) is 19.8 Å². The molecule has 1 aromatic carbocycles. The van der Waals surface area contributed by atoms with Gasteiger partial charge in [0.25, 0.3) is 0 Å². The fraction of sp³-hybridized carbons (Fsp3) is 0.611. The van der Waals surface area contributed by atoms with Crippen LogP contribution in [0.15, 0.2) is 12.1 Å². The average molecular weight is 335 g/mol. The summed E-state index contributed by atoms with van der Waals surface area (Å²) in [5.41, 5.74) is -0.0418. The number of rotatable bonds is 4. The van der Waals surface area contributed by atoms with Gasteiger partial charge in [0, 0.05) is 24.6 Å². The van der Waals surface area contributed by atoms with E-state index in [1.807, 2.05) is 26.8 Å². The van der Waals surface area contributed by atoms with Crippen molar-refractivity contribution in [2.45, 2.75) is 51.4 Å². The van der Waals surface area contributed by atoms with Crippen LogP contribution in [0.4, 0.5) is 0 Å². The molecule has 3 rings (SSSR count). The number of nitrogens with zero attached hydrogens (tertiary/aromatic N) is 1. The van der Waals surface area contributed by atoms with Gasteiger partial charge in [0.2, 0.25) is 5.91 Å². The Labute approximate surface area is 142 Å². The molecule has 6 nitrogen and oxygen atoms in total. The first-order valence-corrected chi connectivity index (χ1v) is 8.40. The molecule has 2 aliphatic rings. The highest BCUT2D eigenvalue weighted by Crippen LogP contribution is 2.48. The van der Waals surface area contributed by atoms with Crippen molar-refractivity contribution in [3.63, 3.8) is 0 Å². The lowest BCUT2D eigenvalue weighted by Gasteiger charge is -2.45. The lowest BCUT2D eigenvalue weighted by atomic mass is 9.85. The van der Waals surface area contributed by atoms with Gasteiger partial charge in [-0.1, -0.05) is 0 Å². The molecule has 0 aliphatic carbocycles. The zero-order chi connectivity index (χ0) is 17.5. The number of methoxy groups -OCH3 is 1. The Morgan fingerprint density at radius 2 is 2.12 bits per heavy atom. The van der Waals surface area contributed by atoms with Crippen LogP contribution in [0.5, 0.6) is 17.2 Å². The Bertz CT molecular complexity index is 643. The summed E-state index contributed by atoms with van der Waals surface area (Å²) in [4.78, 5) is 14.1. The molecule has 6 heteroatoms. The molecular formula is C18H25NO5. The molecule has 1 saturated heterocycles. The minimum Gasteiger partial charge on any atom is -0.493 e. The molecule has 2 atom stereocenters. The minimum absolute atomic E-state index is 0.0662. The summed E-state index contributed by atoms with van der Waals surface area (Å²) >= 11 is 0. The maximum Gasteiger partial charge on any atom is 0.223 e. The van der Waals surface area contributed by atoms with Crippen LogP contribution < -0.4 is 14.2 Å². The van der Waals surface area contributed by atoms with Gasteiger partial charge in [-0.05, 0) is 33.3 Å². The van der Waals surface area contributed by atoms with Crippen molar-refractivity contribution in [2.24, 2.45) is 0 Å². The number of hydrogen-bond acceptors (Lipinski definition) is 5. The summed E-state index contributed by atoms with van der Waals surface area (Å²) in [6.45, 7) is 6.70. The number of hydrogen-bond donors (Lipinski definition) is 1. The topological polar surface area (TPSA) is 68.2 Å². The minimum atomic E-state index is -0.824. The monoisotopic (exact) mass is 335 g/mol. The predicted molar refractivity (Wildman–Crippen MR) is 88.6 cm³/mol. The number of carbonyl (C=O) groups excluding carboxylic acids is 1. The molecule has 0 radical (unpaired) electrons. The first kappa shape index (κ1) is 16.9. The number of amides is 1. The van der Waals surface area contributed by atoms with E-state index in [1.165, 1.54) is 0 Å². The molecule has 132 valence electrons. The van der Waals surface area contributed by atoms with E-state index in [2.05, 4.69) is 0 Å². The van der Waals surface area contributed by atoms with E-state index in [0.717, 1.165) is 12.0 Å². The zero-order valence-corrected chi connectivity index (χ0v) is 14.7. The number of aliphatic hydroxyl groups excluding tert-OH is 1. The second kappa shape index (κ2) is 6.16. The molecule has 0 saturated carbocycles. The Morgan fingerprint density at radius 1 is 1.38 bits per heavy atom. The first-order chi connectivity index (χ1) is 11.4. The van der Waals surface area contributed by atoms with Crippen LogP contribution in [-0.2, 0) is 4.79 Å². The fourth-order valence-electron chi connectivity index (χ4n) is 3.50. The molecular weight excluding hydrogens is 310 g/mol. The van der Waals surface area contributed by atoms with Crippen LogP contribution in [0.3, 0.4) is 0 Å². The molecule has 0 unspecified atom stereocenters. The van der Waals surface area contributed by atoms with Crippen molar-refractivity contribution < 1.29 is 24.1 Å². The third kappa shape index (κ3) is 2.69. The van der Waals surface area contributed by atoms with Gasteiger partial charge in [0.1, 0.15) is 17.5 Å². The second-order valence-corrected chi connectivity index (χ2v) is 6.76. The van der Waals surface area contributed by atoms with E-state index in [0.29, 0.717) is 36.8 Å². The van der Waals surface area contributed by atoms with Gasteiger partial charge in [-0.3, -0.25) is 4.79 Å².